The van der Waals surface area contributed by atoms with Crippen molar-refractivity contribution in [1.29, 1.82) is 0 Å². The highest BCUT2D eigenvalue weighted by Crippen LogP contribution is 2.31. The van der Waals surface area contributed by atoms with Gasteiger partial charge in [-0.15, -0.1) is 0 Å². The monoisotopic (exact) mass is 422 g/mol. The van der Waals surface area contributed by atoms with Crippen molar-refractivity contribution >= 4 is 5.91 Å². The second-order valence-corrected chi connectivity index (χ2v) is 8.00. The molecule has 170 valence electrons. The van der Waals surface area contributed by atoms with Gasteiger partial charge in [-0.05, 0) is 18.8 Å². The maximum atomic E-state index is 12.0. The quantitative estimate of drug-likeness (QED) is 0.204. The number of aliphatic hydroxyl groups excluding tert-OH is 6. The number of hydrogen-bond acceptors (Lipinski definition) is 10. The summed E-state index contributed by atoms with van der Waals surface area (Å²) < 4.78 is 11.1. The lowest BCUT2D eigenvalue weighted by molar-refractivity contribution is -0.298. The van der Waals surface area contributed by atoms with Gasteiger partial charge >= 0.3 is 0 Å². The highest BCUT2D eigenvalue weighted by atomic mass is 16.7. The molecule has 11 nitrogen and oxygen atoms in total. The van der Waals surface area contributed by atoms with Gasteiger partial charge in [0.15, 0.2) is 6.29 Å². The average molecular weight is 422 g/mol. The van der Waals surface area contributed by atoms with E-state index in [0.717, 1.165) is 0 Å². The van der Waals surface area contributed by atoms with Gasteiger partial charge in [-0.25, -0.2) is 0 Å². The Morgan fingerprint density at radius 2 is 1.86 bits per heavy atom. The van der Waals surface area contributed by atoms with Crippen LogP contribution in [0.5, 0.6) is 0 Å². The molecule has 2 fully saturated rings. The molecule has 0 aromatic heterocycles. The maximum Gasteiger partial charge on any atom is 0.249 e. The third kappa shape index (κ3) is 5.43. The number of carbonyl (C=O) groups is 1. The molecule has 0 aromatic rings. The molecule has 1 amide bonds. The molecule has 1 saturated heterocycles. The second-order valence-electron chi connectivity index (χ2n) is 8.00. The fourth-order valence-electron chi connectivity index (χ4n) is 3.87. The molecule has 1 aliphatic heterocycles. The Morgan fingerprint density at radius 3 is 2.45 bits per heavy atom. The summed E-state index contributed by atoms with van der Waals surface area (Å²) in [5, 5.41) is 62.5. The zero-order valence-corrected chi connectivity index (χ0v) is 16.7. The number of amides is 1. The van der Waals surface area contributed by atoms with Crippen LogP contribution in [-0.2, 0) is 14.3 Å². The van der Waals surface area contributed by atoms with Crippen LogP contribution in [0.25, 0.3) is 0 Å². The molecule has 29 heavy (non-hydrogen) atoms. The van der Waals surface area contributed by atoms with E-state index in [9.17, 15) is 35.4 Å². The Balaban J connectivity index is 2.02. The van der Waals surface area contributed by atoms with Crippen molar-refractivity contribution in [2.45, 2.75) is 94.2 Å². The Morgan fingerprint density at radius 1 is 1.21 bits per heavy atom. The average Bonchev–Trinajstić information content (AvgIpc) is 2.69. The Hall–Kier alpha value is -0.890. The molecule has 11 atom stereocenters. The van der Waals surface area contributed by atoms with E-state index in [4.69, 9.17) is 15.2 Å². The third-order valence-electron chi connectivity index (χ3n) is 5.70. The normalized spacial score (nSPS) is 44.3. The van der Waals surface area contributed by atoms with E-state index < -0.39 is 73.6 Å². The SMILES string of the molecule is CCC[C@H](O)C(=O)N[C@@H]1CC(C)[C@@H](O[C@H]2OC(CO)[C@@H](O)[C@H](O)C2N)C(O)[C@@H]1O. The molecule has 0 aromatic carbocycles. The van der Waals surface area contributed by atoms with E-state index in [2.05, 4.69) is 5.32 Å². The standard InChI is InChI=1S/C18H34N2O9/c1-3-4-9(22)17(27)20-8-5-7(2)16(15(26)12(8)23)29-18-11(19)14(25)13(24)10(6-21)28-18/h7-16,18,21-26H,3-6,19H2,1-2H3,(H,20,27)/t7?,8-,9+,10?,11?,12-,13-,14-,15?,16-,18-/m1/s1. The van der Waals surface area contributed by atoms with Gasteiger partial charge in [0.25, 0.3) is 0 Å². The molecule has 0 bridgehead atoms. The first-order valence-electron chi connectivity index (χ1n) is 10.00. The van der Waals surface area contributed by atoms with Crippen molar-refractivity contribution in [3.8, 4) is 0 Å². The smallest absolute Gasteiger partial charge is 0.249 e. The van der Waals surface area contributed by atoms with Gasteiger partial charge in [0.2, 0.25) is 5.91 Å². The third-order valence-corrected chi connectivity index (χ3v) is 5.70. The minimum Gasteiger partial charge on any atom is -0.394 e. The summed E-state index contributed by atoms with van der Waals surface area (Å²) in [5.41, 5.74) is 5.86. The van der Waals surface area contributed by atoms with Crippen LogP contribution in [0.1, 0.15) is 33.1 Å². The first-order chi connectivity index (χ1) is 13.6. The van der Waals surface area contributed by atoms with Crippen molar-refractivity contribution in [1.82, 2.24) is 5.32 Å². The van der Waals surface area contributed by atoms with E-state index in [1.807, 2.05) is 6.92 Å². The lowest BCUT2D eigenvalue weighted by atomic mass is 9.80. The van der Waals surface area contributed by atoms with Gasteiger partial charge in [0.1, 0.15) is 36.6 Å². The second kappa shape index (κ2) is 10.4. The number of nitrogens with one attached hydrogen (secondary N) is 1. The van der Waals surface area contributed by atoms with Crippen molar-refractivity contribution < 1.29 is 44.9 Å². The number of nitrogens with two attached hydrogens (primary N) is 1. The summed E-state index contributed by atoms with van der Waals surface area (Å²) in [6, 6.07) is -1.91. The van der Waals surface area contributed by atoms with Gasteiger partial charge in [0.05, 0.1) is 24.8 Å². The Labute approximate surface area is 169 Å². The van der Waals surface area contributed by atoms with Crippen molar-refractivity contribution in [3.05, 3.63) is 0 Å². The summed E-state index contributed by atoms with van der Waals surface area (Å²) in [5.74, 6) is -0.968. The fraction of sp³-hybridized carbons (Fsp3) is 0.944. The first-order valence-corrected chi connectivity index (χ1v) is 10.00. The van der Waals surface area contributed by atoms with Gasteiger partial charge < -0.3 is 51.2 Å². The molecule has 1 heterocycles. The van der Waals surface area contributed by atoms with Crippen LogP contribution >= 0.6 is 0 Å². The summed E-state index contributed by atoms with van der Waals surface area (Å²) in [7, 11) is 0. The van der Waals surface area contributed by atoms with E-state index in [1.54, 1.807) is 6.92 Å². The topological polar surface area (TPSA) is 195 Å². The molecule has 0 spiro atoms. The minimum atomic E-state index is -1.40. The maximum absolute atomic E-state index is 12.0. The predicted octanol–water partition coefficient (Wildman–Crippen LogP) is -3.45. The molecule has 0 radical (unpaired) electrons. The lowest BCUT2D eigenvalue weighted by Gasteiger charge is -2.46. The highest BCUT2D eigenvalue weighted by molar-refractivity contribution is 5.80. The van der Waals surface area contributed by atoms with Gasteiger partial charge in [-0.2, -0.15) is 0 Å². The number of rotatable bonds is 7. The highest BCUT2D eigenvalue weighted by Gasteiger charge is 2.48. The molecular weight excluding hydrogens is 388 g/mol. The summed E-state index contributed by atoms with van der Waals surface area (Å²) in [6.07, 6.45) is -8.85. The lowest BCUT2D eigenvalue weighted by Crippen LogP contribution is -2.65. The minimum absolute atomic E-state index is 0.254. The number of carbonyl (C=O) groups excluding carboxylic acids is 1. The van der Waals surface area contributed by atoms with E-state index in [0.29, 0.717) is 6.42 Å². The fourth-order valence-corrected chi connectivity index (χ4v) is 3.87. The zero-order valence-electron chi connectivity index (χ0n) is 16.7. The van der Waals surface area contributed by atoms with Crippen LogP contribution in [0, 0.1) is 5.92 Å². The number of aliphatic hydroxyl groups is 6. The molecule has 2 rings (SSSR count). The van der Waals surface area contributed by atoms with Crippen LogP contribution in [0.4, 0.5) is 0 Å². The van der Waals surface area contributed by atoms with E-state index >= 15 is 0 Å². The van der Waals surface area contributed by atoms with Crippen LogP contribution in [0.2, 0.25) is 0 Å². The van der Waals surface area contributed by atoms with E-state index in [-0.39, 0.29) is 18.8 Å². The number of ether oxygens (including phenoxy) is 2. The van der Waals surface area contributed by atoms with Gasteiger partial charge in [-0.1, -0.05) is 20.3 Å². The van der Waals surface area contributed by atoms with Gasteiger partial charge in [-0.3, -0.25) is 4.79 Å². The molecule has 1 aliphatic carbocycles. The van der Waals surface area contributed by atoms with E-state index in [1.165, 1.54) is 0 Å². The summed E-state index contributed by atoms with van der Waals surface area (Å²) in [6.45, 7) is 3.00. The molecule has 11 heteroatoms. The predicted molar refractivity (Wildman–Crippen MR) is 99.2 cm³/mol. The number of hydrogen-bond donors (Lipinski definition) is 8. The molecule has 1 saturated carbocycles. The molecule has 4 unspecified atom stereocenters. The van der Waals surface area contributed by atoms with Crippen molar-refractivity contribution in [3.63, 3.8) is 0 Å². The summed E-state index contributed by atoms with van der Waals surface area (Å²) in [4.78, 5) is 12.0. The van der Waals surface area contributed by atoms with Crippen molar-refractivity contribution in [2.75, 3.05) is 6.61 Å². The molecule has 9 N–H and O–H groups in total. The van der Waals surface area contributed by atoms with Crippen LogP contribution in [0.3, 0.4) is 0 Å². The largest absolute Gasteiger partial charge is 0.394 e. The first kappa shape index (κ1) is 24.4. The Bertz CT molecular complexity index is 537. The molecule has 2 aliphatic rings. The van der Waals surface area contributed by atoms with Crippen LogP contribution < -0.4 is 11.1 Å². The zero-order chi connectivity index (χ0) is 21.9. The van der Waals surface area contributed by atoms with Crippen LogP contribution in [0.15, 0.2) is 0 Å². The Kier molecular flexibility index (Phi) is 8.76. The molecular formula is C18H34N2O9. The summed E-state index contributed by atoms with van der Waals surface area (Å²) >= 11 is 0. The van der Waals surface area contributed by atoms with Gasteiger partial charge in [0, 0.05) is 0 Å². The van der Waals surface area contributed by atoms with Crippen LogP contribution in [-0.4, -0.2) is 104 Å². The van der Waals surface area contributed by atoms with Crippen molar-refractivity contribution in [2.24, 2.45) is 11.7 Å².